The smallest absolute Gasteiger partial charge is 0.289 e. The second-order valence-corrected chi connectivity index (χ2v) is 6.28. The van der Waals surface area contributed by atoms with E-state index in [0.717, 1.165) is 5.69 Å². The molecule has 2 aromatic heterocycles. The average molecular weight is 347 g/mol. The number of nitriles is 1. The minimum Gasteiger partial charge on any atom is -0.497 e. The van der Waals surface area contributed by atoms with Gasteiger partial charge in [-0.2, -0.15) is 5.26 Å². The number of thiophene rings is 1. The number of methoxy groups -OCH3 is 1. The fourth-order valence-corrected chi connectivity index (χ4v) is 3.75. The number of hydrogen-bond acceptors (Lipinski definition) is 4. The molecule has 0 saturated carbocycles. The number of benzene rings is 2. The van der Waals surface area contributed by atoms with E-state index in [1.54, 1.807) is 21.9 Å². The van der Waals surface area contributed by atoms with Crippen molar-refractivity contribution in [2.75, 3.05) is 7.11 Å². The molecule has 2 aromatic carbocycles. The van der Waals surface area contributed by atoms with Crippen molar-refractivity contribution < 1.29 is 4.74 Å². The molecule has 0 bridgehead atoms. The third kappa shape index (κ3) is 2.33. The Hall–Kier alpha value is -3.30. The lowest BCUT2D eigenvalue weighted by Crippen LogP contribution is -2.20. The molecule has 25 heavy (non-hydrogen) atoms. The number of fused-ring (bicyclic) bond motifs is 1. The summed E-state index contributed by atoms with van der Waals surface area (Å²) in [6.07, 6.45) is 0. The predicted octanol–water partition coefficient (Wildman–Crippen LogP) is 3.72. The van der Waals surface area contributed by atoms with E-state index in [0.29, 0.717) is 27.2 Å². The summed E-state index contributed by atoms with van der Waals surface area (Å²) in [5.41, 5.74) is 2.52. The maximum Gasteiger partial charge on any atom is 0.289 e. The fraction of sp³-hybridized carbons (Fsp3) is 0.0526. The van der Waals surface area contributed by atoms with Gasteiger partial charge < -0.3 is 4.74 Å². The number of nitrogens with zero attached hydrogens (tertiary/aromatic N) is 3. The van der Waals surface area contributed by atoms with Crippen LogP contribution in [-0.4, -0.2) is 16.5 Å². The van der Waals surface area contributed by atoms with E-state index in [4.69, 9.17) is 4.74 Å². The van der Waals surface area contributed by atoms with Crippen LogP contribution in [0.15, 0.2) is 64.8 Å². The highest BCUT2D eigenvalue weighted by atomic mass is 32.1. The van der Waals surface area contributed by atoms with E-state index in [2.05, 4.69) is 6.07 Å². The summed E-state index contributed by atoms with van der Waals surface area (Å²) in [5, 5.41) is 11.2. The van der Waals surface area contributed by atoms with Crippen LogP contribution in [0.3, 0.4) is 0 Å². The molecule has 0 atom stereocenters. The van der Waals surface area contributed by atoms with Gasteiger partial charge in [-0.3, -0.25) is 4.79 Å². The molecule has 0 radical (unpaired) electrons. The zero-order valence-electron chi connectivity index (χ0n) is 13.3. The zero-order valence-corrected chi connectivity index (χ0v) is 14.2. The van der Waals surface area contributed by atoms with Crippen LogP contribution < -0.4 is 10.3 Å². The zero-order chi connectivity index (χ0) is 17.4. The van der Waals surface area contributed by atoms with Crippen molar-refractivity contribution in [3.63, 3.8) is 0 Å². The molecule has 122 valence electrons. The third-order valence-electron chi connectivity index (χ3n) is 4.00. The van der Waals surface area contributed by atoms with Crippen LogP contribution in [0.5, 0.6) is 5.75 Å². The standard InChI is InChI=1S/C19H13N3O2S/c1-24-16-9-7-15(8-10-16)22-19(23)18-17(13(11-20)12-25-18)21(22)14-5-3-2-4-6-14/h2-10,12H,1H3. The Kier molecular flexibility index (Phi) is 3.64. The Balaban J connectivity index is 2.10. The van der Waals surface area contributed by atoms with Crippen molar-refractivity contribution in [3.05, 3.63) is 75.9 Å². The van der Waals surface area contributed by atoms with Crippen molar-refractivity contribution in [2.45, 2.75) is 0 Å². The molecule has 4 aromatic rings. The van der Waals surface area contributed by atoms with Crippen molar-refractivity contribution in [1.29, 1.82) is 5.26 Å². The maximum absolute atomic E-state index is 13.0. The molecule has 0 unspecified atom stereocenters. The van der Waals surface area contributed by atoms with Gasteiger partial charge in [0.15, 0.2) is 0 Å². The molecule has 4 rings (SSSR count). The molecule has 2 heterocycles. The largest absolute Gasteiger partial charge is 0.497 e. The number of rotatable bonds is 3. The van der Waals surface area contributed by atoms with Gasteiger partial charge >= 0.3 is 0 Å². The first-order valence-corrected chi connectivity index (χ1v) is 8.47. The minimum atomic E-state index is -0.143. The monoisotopic (exact) mass is 347 g/mol. The molecule has 6 heteroatoms. The minimum absolute atomic E-state index is 0.143. The van der Waals surface area contributed by atoms with E-state index in [1.807, 2.05) is 54.6 Å². The Morgan fingerprint density at radius 2 is 1.68 bits per heavy atom. The highest BCUT2D eigenvalue weighted by molar-refractivity contribution is 7.17. The Labute approximate surface area is 147 Å². The van der Waals surface area contributed by atoms with Crippen LogP contribution in [0.1, 0.15) is 5.56 Å². The van der Waals surface area contributed by atoms with Crippen LogP contribution in [0.2, 0.25) is 0 Å². The molecule has 0 fully saturated rings. The first-order valence-electron chi connectivity index (χ1n) is 7.60. The van der Waals surface area contributed by atoms with Crippen LogP contribution in [-0.2, 0) is 0 Å². The van der Waals surface area contributed by atoms with Gasteiger partial charge in [-0.1, -0.05) is 18.2 Å². The second-order valence-electron chi connectivity index (χ2n) is 5.40. The number of para-hydroxylation sites is 1. The van der Waals surface area contributed by atoms with Crippen molar-refractivity contribution in [2.24, 2.45) is 0 Å². The summed E-state index contributed by atoms with van der Waals surface area (Å²) in [6, 6.07) is 19.0. The van der Waals surface area contributed by atoms with E-state index >= 15 is 0 Å². The van der Waals surface area contributed by atoms with Crippen LogP contribution in [0.4, 0.5) is 0 Å². The maximum atomic E-state index is 13.0. The van der Waals surface area contributed by atoms with Crippen molar-refractivity contribution in [1.82, 2.24) is 9.36 Å². The van der Waals surface area contributed by atoms with Gasteiger partial charge in [0.2, 0.25) is 0 Å². The quantitative estimate of drug-likeness (QED) is 0.567. The molecule has 0 aliphatic heterocycles. The van der Waals surface area contributed by atoms with Crippen LogP contribution in [0, 0.1) is 11.3 Å². The summed E-state index contributed by atoms with van der Waals surface area (Å²) in [5.74, 6) is 0.717. The van der Waals surface area contributed by atoms with Gasteiger partial charge in [0.05, 0.1) is 24.0 Å². The van der Waals surface area contributed by atoms with E-state index in [1.165, 1.54) is 11.3 Å². The summed E-state index contributed by atoms with van der Waals surface area (Å²) in [7, 11) is 1.60. The van der Waals surface area contributed by atoms with Crippen LogP contribution in [0.25, 0.3) is 21.6 Å². The first kappa shape index (κ1) is 15.2. The normalized spacial score (nSPS) is 10.7. The first-order chi connectivity index (χ1) is 12.2. The Morgan fingerprint density at radius 3 is 2.32 bits per heavy atom. The molecule has 0 spiro atoms. The molecule has 0 saturated heterocycles. The second kappa shape index (κ2) is 5.96. The summed E-state index contributed by atoms with van der Waals surface area (Å²) < 4.78 is 9.16. The average Bonchev–Trinajstić information content (AvgIpc) is 3.21. The SMILES string of the molecule is COc1ccc(-n2c(=O)c3scc(C#N)c3n2-c2ccccc2)cc1. The third-order valence-corrected chi connectivity index (χ3v) is 4.96. The number of aromatic nitrogens is 2. The highest BCUT2D eigenvalue weighted by Gasteiger charge is 2.20. The fourth-order valence-electron chi connectivity index (χ4n) is 2.85. The Morgan fingerprint density at radius 1 is 1.00 bits per heavy atom. The van der Waals surface area contributed by atoms with Crippen molar-refractivity contribution >= 4 is 21.6 Å². The lowest BCUT2D eigenvalue weighted by Gasteiger charge is -2.13. The molecule has 0 aliphatic rings. The van der Waals surface area contributed by atoms with Gasteiger partial charge in [0.1, 0.15) is 22.0 Å². The highest BCUT2D eigenvalue weighted by Crippen LogP contribution is 2.28. The van der Waals surface area contributed by atoms with Gasteiger partial charge in [0.25, 0.3) is 5.56 Å². The predicted molar refractivity (Wildman–Crippen MR) is 98.0 cm³/mol. The summed E-state index contributed by atoms with van der Waals surface area (Å²) in [4.78, 5) is 13.0. The van der Waals surface area contributed by atoms with Gasteiger partial charge in [-0.15, -0.1) is 11.3 Å². The van der Waals surface area contributed by atoms with Crippen LogP contribution >= 0.6 is 11.3 Å². The molecular formula is C19H13N3O2S. The van der Waals surface area contributed by atoms with E-state index in [-0.39, 0.29) is 5.56 Å². The molecule has 0 amide bonds. The topological polar surface area (TPSA) is 59.9 Å². The van der Waals surface area contributed by atoms with Gasteiger partial charge in [-0.25, -0.2) is 9.36 Å². The van der Waals surface area contributed by atoms with E-state index < -0.39 is 0 Å². The van der Waals surface area contributed by atoms with Gasteiger partial charge in [-0.05, 0) is 36.4 Å². The van der Waals surface area contributed by atoms with E-state index in [9.17, 15) is 10.1 Å². The summed E-state index contributed by atoms with van der Waals surface area (Å²) >= 11 is 1.30. The van der Waals surface area contributed by atoms with Gasteiger partial charge in [0, 0.05) is 5.38 Å². The lowest BCUT2D eigenvalue weighted by molar-refractivity contribution is 0.414. The molecule has 0 N–H and O–H groups in total. The number of ether oxygens (including phenoxy) is 1. The molecule has 5 nitrogen and oxygen atoms in total. The van der Waals surface area contributed by atoms with Crippen molar-refractivity contribution in [3.8, 4) is 23.2 Å². The Bertz CT molecular complexity index is 1150. The summed E-state index contributed by atoms with van der Waals surface area (Å²) in [6.45, 7) is 0. The lowest BCUT2D eigenvalue weighted by atomic mass is 10.3. The molecular weight excluding hydrogens is 334 g/mol. The molecule has 0 aliphatic carbocycles. The number of hydrogen-bond donors (Lipinski definition) is 0.